The Morgan fingerprint density at radius 2 is 1.83 bits per heavy atom. The molecular weight excluding hydrogens is 428 g/mol. The first-order valence-electron chi connectivity index (χ1n) is 9.68. The molecule has 0 aliphatic carbocycles. The number of benzene rings is 2. The number of ether oxygens (including phenoxy) is 2. The summed E-state index contributed by atoms with van der Waals surface area (Å²) in [6.07, 6.45) is 0.763. The van der Waals surface area contributed by atoms with Crippen LogP contribution < -0.4 is 14.8 Å². The van der Waals surface area contributed by atoms with Crippen molar-refractivity contribution in [2.45, 2.75) is 38.2 Å². The molecule has 30 heavy (non-hydrogen) atoms. The van der Waals surface area contributed by atoms with Gasteiger partial charge >= 0.3 is 0 Å². The fourth-order valence-corrected chi connectivity index (χ4v) is 3.82. The number of carbonyl (C=O) groups is 1. The Morgan fingerprint density at radius 1 is 1.13 bits per heavy atom. The molecule has 0 saturated carbocycles. The zero-order chi connectivity index (χ0) is 22.1. The van der Waals surface area contributed by atoms with Gasteiger partial charge in [0.1, 0.15) is 5.75 Å². The van der Waals surface area contributed by atoms with Crippen molar-refractivity contribution in [1.82, 2.24) is 5.32 Å². The van der Waals surface area contributed by atoms with Gasteiger partial charge in [-0.3, -0.25) is 9.52 Å². The number of anilines is 1. The highest BCUT2D eigenvalue weighted by Gasteiger charge is 2.19. The number of rotatable bonds is 11. The smallest absolute Gasteiger partial charge is 0.261 e. The van der Waals surface area contributed by atoms with Crippen LogP contribution in [0.15, 0.2) is 47.4 Å². The highest BCUT2D eigenvalue weighted by Crippen LogP contribution is 2.23. The number of sulfonamides is 1. The van der Waals surface area contributed by atoms with Gasteiger partial charge < -0.3 is 14.8 Å². The van der Waals surface area contributed by atoms with E-state index < -0.39 is 15.9 Å². The van der Waals surface area contributed by atoms with Crippen LogP contribution in [0.25, 0.3) is 0 Å². The summed E-state index contributed by atoms with van der Waals surface area (Å²) in [5.74, 6) is 0.201. The Bertz CT molecular complexity index is 946. The van der Waals surface area contributed by atoms with E-state index >= 15 is 0 Å². The first-order chi connectivity index (χ1) is 14.2. The third-order valence-corrected chi connectivity index (χ3v) is 5.68. The molecule has 0 radical (unpaired) electrons. The molecule has 164 valence electrons. The van der Waals surface area contributed by atoms with Gasteiger partial charge in [0.2, 0.25) is 0 Å². The molecule has 1 amide bonds. The number of amides is 1. The van der Waals surface area contributed by atoms with Crippen molar-refractivity contribution in [3.63, 3.8) is 0 Å². The molecule has 0 unspecified atom stereocenters. The highest BCUT2D eigenvalue weighted by atomic mass is 35.5. The molecule has 2 aromatic rings. The first-order valence-corrected chi connectivity index (χ1v) is 11.5. The lowest BCUT2D eigenvalue weighted by Crippen LogP contribution is -2.26. The van der Waals surface area contributed by atoms with Gasteiger partial charge in [0.25, 0.3) is 15.9 Å². The number of halogens is 1. The lowest BCUT2D eigenvalue weighted by molar-refractivity contribution is 0.0757. The van der Waals surface area contributed by atoms with Gasteiger partial charge in [-0.25, -0.2) is 8.42 Å². The summed E-state index contributed by atoms with van der Waals surface area (Å²) in [6, 6.07) is 10.6. The van der Waals surface area contributed by atoms with Crippen molar-refractivity contribution in [3.05, 3.63) is 53.1 Å². The van der Waals surface area contributed by atoms with Crippen LogP contribution in [-0.4, -0.2) is 40.2 Å². The first kappa shape index (κ1) is 24.0. The van der Waals surface area contributed by atoms with Crippen molar-refractivity contribution in [3.8, 4) is 5.75 Å². The minimum absolute atomic E-state index is 0.0610. The van der Waals surface area contributed by atoms with E-state index in [-0.39, 0.29) is 21.6 Å². The standard InChI is InChI=1S/C21H27ClN2O5S/c1-4-28-17-8-6-16(7-9-17)24-30(26,27)18-10-11-20(22)19(14-18)21(25)23-12-5-13-29-15(2)3/h6-11,14-15,24H,4-5,12-13H2,1-3H3,(H,23,25). The zero-order valence-electron chi connectivity index (χ0n) is 17.3. The summed E-state index contributed by atoms with van der Waals surface area (Å²) in [4.78, 5) is 12.4. The fourth-order valence-electron chi connectivity index (χ4n) is 2.53. The van der Waals surface area contributed by atoms with Crippen LogP contribution in [0.3, 0.4) is 0 Å². The summed E-state index contributed by atoms with van der Waals surface area (Å²) in [5, 5.41) is 2.90. The van der Waals surface area contributed by atoms with E-state index in [9.17, 15) is 13.2 Å². The molecule has 2 N–H and O–H groups in total. The fraction of sp³-hybridized carbons (Fsp3) is 0.381. The third kappa shape index (κ3) is 7.19. The molecule has 0 aliphatic rings. The summed E-state index contributed by atoms with van der Waals surface area (Å²) in [5.41, 5.74) is 0.473. The van der Waals surface area contributed by atoms with Crippen LogP contribution in [0.2, 0.25) is 5.02 Å². The maximum atomic E-state index is 12.7. The topological polar surface area (TPSA) is 93.7 Å². The number of hydrogen-bond donors (Lipinski definition) is 2. The van der Waals surface area contributed by atoms with Gasteiger partial charge in [0.15, 0.2) is 0 Å². The minimum atomic E-state index is -3.90. The second-order valence-corrected chi connectivity index (χ2v) is 8.82. The molecule has 0 fully saturated rings. The van der Waals surface area contributed by atoms with Crippen LogP contribution >= 0.6 is 11.6 Å². The van der Waals surface area contributed by atoms with E-state index in [1.165, 1.54) is 18.2 Å². The Labute approximate surface area is 182 Å². The quantitative estimate of drug-likeness (QED) is 0.499. The average molecular weight is 455 g/mol. The third-order valence-electron chi connectivity index (χ3n) is 3.97. The maximum absolute atomic E-state index is 12.7. The molecule has 0 aliphatic heterocycles. The van der Waals surface area contributed by atoms with Crippen LogP contribution in [0, 0.1) is 0 Å². The number of nitrogens with one attached hydrogen (secondary N) is 2. The van der Waals surface area contributed by atoms with Crippen molar-refractivity contribution in [2.75, 3.05) is 24.5 Å². The van der Waals surface area contributed by atoms with E-state index in [1.807, 2.05) is 20.8 Å². The molecule has 0 saturated heterocycles. The Kier molecular flexibility index (Phi) is 8.95. The molecular formula is C21H27ClN2O5S. The Morgan fingerprint density at radius 3 is 2.47 bits per heavy atom. The molecule has 0 bridgehead atoms. The zero-order valence-corrected chi connectivity index (χ0v) is 18.8. The predicted octanol–water partition coefficient (Wildman–Crippen LogP) is 4.08. The highest BCUT2D eigenvalue weighted by molar-refractivity contribution is 7.92. The average Bonchev–Trinajstić information content (AvgIpc) is 2.69. The van der Waals surface area contributed by atoms with Gasteiger partial charge in [-0.1, -0.05) is 11.6 Å². The predicted molar refractivity (Wildman–Crippen MR) is 118 cm³/mol. The van der Waals surface area contributed by atoms with E-state index in [0.717, 1.165) is 0 Å². The van der Waals surface area contributed by atoms with E-state index in [2.05, 4.69) is 10.0 Å². The summed E-state index contributed by atoms with van der Waals surface area (Å²) in [7, 11) is -3.90. The number of hydrogen-bond acceptors (Lipinski definition) is 5. The lowest BCUT2D eigenvalue weighted by Gasteiger charge is -2.12. The van der Waals surface area contributed by atoms with Crippen molar-refractivity contribution >= 4 is 33.2 Å². The molecule has 2 aromatic carbocycles. The van der Waals surface area contributed by atoms with Crippen molar-refractivity contribution in [2.24, 2.45) is 0 Å². The van der Waals surface area contributed by atoms with Crippen molar-refractivity contribution in [1.29, 1.82) is 0 Å². The normalized spacial score (nSPS) is 11.4. The maximum Gasteiger partial charge on any atom is 0.261 e. The summed E-state index contributed by atoms with van der Waals surface area (Å²) < 4.78 is 38.7. The molecule has 0 atom stereocenters. The second kappa shape index (κ2) is 11.2. The lowest BCUT2D eigenvalue weighted by atomic mass is 10.2. The van der Waals surface area contributed by atoms with E-state index in [1.54, 1.807) is 24.3 Å². The Balaban J connectivity index is 2.07. The minimum Gasteiger partial charge on any atom is -0.494 e. The second-order valence-electron chi connectivity index (χ2n) is 6.73. The van der Waals surface area contributed by atoms with Crippen molar-refractivity contribution < 1.29 is 22.7 Å². The molecule has 9 heteroatoms. The Hall–Kier alpha value is -2.29. The van der Waals surface area contributed by atoms with Gasteiger partial charge in [0.05, 0.1) is 28.2 Å². The van der Waals surface area contributed by atoms with Gasteiger partial charge in [-0.15, -0.1) is 0 Å². The van der Waals surface area contributed by atoms with Gasteiger partial charge in [-0.05, 0) is 69.7 Å². The van der Waals surface area contributed by atoms with E-state index in [4.69, 9.17) is 21.1 Å². The van der Waals surface area contributed by atoms with Crippen LogP contribution in [0.4, 0.5) is 5.69 Å². The SMILES string of the molecule is CCOc1ccc(NS(=O)(=O)c2ccc(Cl)c(C(=O)NCCCOC(C)C)c2)cc1. The molecule has 0 aromatic heterocycles. The number of carbonyl (C=O) groups excluding carboxylic acids is 1. The van der Waals surface area contributed by atoms with Gasteiger partial charge in [-0.2, -0.15) is 0 Å². The molecule has 0 heterocycles. The summed E-state index contributed by atoms with van der Waals surface area (Å²) >= 11 is 6.12. The molecule has 0 spiro atoms. The van der Waals surface area contributed by atoms with Gasteiger partial charge in [0, 0.05) is 18.8 Å². The van der Waals surface area contributed by atoms with Crippen LogP contribution in [-0.2, 0) is 14.8 Å². The largest absolute Gasteiger partial charge is 0.494 e. The van der Waals surface area contributed by atoms with Crippen LogP contribution in [0.1, 0.15) is 37.6 Å². The molecule has 7 nitrogen and oxygen atoms in total. The summed E-state index contributed by atoms with van der Waals surface area (Å²) in [6.45, 7) is 7.17. The monoisotopic (exact) mass is 454 g/mol. The molecule has 2 rings (SSSR count). The van der Waals surface area contributed by atoms with Crippen LogP contribution in [0.5, 0.6) is 5.75 Å². The van der Waals surface area contributed by atoms with E-state index in [0.29, 0.717) is 37.6 Å².